The first-order valence-electron chi connectivity index (χ1n) is 6.52. The van der Waals surface area contributed by atoms with Gasteiger partial charge in [-0.3, -0.25) is 0 Å². The van der Waals surface area contributed by atoms with Gasteiger partial charge in [0.25, 0.3) is 0 Å². The fourth-order valence-electron chi connectivity index (χ4n) is 2.15. The van der Waals surface area contributed by atoms with E-state index in [4.69, 9.17) is 9.47 Å². The number of hydrogen-bond donors (Lipinski definition) is 0. The lowest BCUT2D eigenvalue weighted by atomic mass is 10.0. The second kappa shape index (κ2) is 5.72. The molecule has 0 atom stereocenters. The van der Waals surface area contributed by atoms with Gasteiger partial charge < -0.3 is 9.47 Å². The summed E-state index contributed by atoms with van der Waals surface area (Å²) in [6, 6.07) is 18.1. The first-order chi connectivity index (χ1) is 9.42. The zero-order chi connectivity index (χ0) is 12.9. The summed E-state index contributed by atoms with van der Waals surface area (Å²) in [5.41, 5.74) is 2.61. The summed E-state index contributed by atoms with van der Waals surface area (Å²) in [4.78, 5) is 0. The van der Waals surface area contributed by atoms with Crippen LogP contribution in [0.3, 0.4) is 0 Å². The van der Waals surface area contributed by atoms with Gasteiger partial charge in [-0.2, -0.15) is 0 Å². The van der Waals surface area contributed by atoms with Crippen molar-refractivity contribution in [3.05, 3.63) is 66.2 Å². The lowest BCUT2D eigenvalue weighted by molar-refractivity contribution is 0.161. The van der Waals surface area contributed by atoms with Gasteiger partial charge in [-0.05, 0) is 41.8 Å². The van der Waals surface area contributed by atoms with Crippen LogP contribution in [-0.2, 0) is 4.74 Å². The van der Waals surface area contributed by atoms with Crippen LogP contribution in [0.15, 0.2) is 60.7 Å². The van der Waals surface area contributed by atoms with Crippen LogP contribution < -0.4 is 4.74 Å². The van der Waals surface area contributed by atoms with E-state index in [0.717, 1.165) is 31.1 Å². The van der Waals surface area contributed by atoms with Crippen molar-refractivity contribution in [2.24, 2.45) is 0 Å². The van der Waals surface area contributed by atoms with Crippen molar-refractivity contribution in [3.8, 4) is 11.5 Å². The fraction of sp³-hybridized carbons (Fsp3) is 0.176. The largest absolute Gasteiger partial charge is 0.457 e. The number of benzene rings is 2. The van der Waals surface area contributed by atoms with Crippen molar-refractivity contribution in [2.75, 3.05) is 13.2 Å². The maximum absolute atomic E-state index is 5.78. The number of para-hydroxylation sites is 1. The zero-order valence-corrected chi connectivity index (χ0v) is 10.7. The highest BCUT2D eigenvalue weighted by molar-refractivity contribution is 5.66. The average molecular weight is 252 g/mol. The predicted molar refractivity (Wildman–Crippen MR) is 76.4 cm³/mol. The van der Waals surface area contributed by atoms with Crippen molar-refractivity contribution in [3.63, 3.8) is 0 Å². The molecule has 1 aliphatic rings. The summed E-state index contributed by atoms with van der Waals surface area (Å²) in [5, 5.41) is 0. The molecular formula is C17H16O2. The van der Waals surface area contributed by atoms with Crippen LogP contribution in [0.25, 0.3) is 5.57 Å². The third kappa shape index (κ3) is 3.04. The molecule has 2 heteroatoms. The first-order valence-corrected chi connectivity index (χ1v) is 6.52. The minimum atomic E-state index is 0.720. The fourth-order valence-corrected chi connectivity index (χ4v) is 2.15. The van der Waals surface area contributed by atoms with Crippen molar-refractivity contribution < 1.29 is 9.47 Å². The Hall–Kier alpha value is -2.06. The van der Waals surface area contributed by atoms with E-state index in [2.05, 4.69) is 18.2 Å². The normalized spacial score (nSPS) is 14.8. The predicted octanol–water partition coefficient (Wildman–Crippen LogP) is 4.28. The molecular weight excluding hydrogens is 236 g/mol. The SMILES string of the molecule is C1=C(c2ccc(Oc3ccccc3)cc2)CCOC1. The molecule has 0 saturated carbocycles. The summed E-state index contributed by atoms with van der Waals surface area (Å²) in [6.45, 7) is 1.53. The number of ether oxygens (including phenoxy) is 2. The van der Waals surface area contributed by atoms with Crippen LogP contribution >= 0.6 is 0 Å². The molecule has 1 heterocycles. The smallest absolute Gasteiger partial charge is 0.127 e. The Morgan fingerprint density at radius 3 is 2.26 bits per heavy atom. The number of hydrogen-bond acceptors (Lipinski definition) is 2. The van der Waals surface area contributed by atoms with E-state index in [-0.39, 0.29) is 0 Å². The molecule has 1 aliphatic heterocycles. The van der Waals surface area contributed by atoms with Crippen LogP contribution in [0.2, 0.25) is 0 Å². The molecule has 2 aromatic rings. The lowest BCUT2D eigenvalue weighted by Crippen LogP contribution is -2.03. The molecule has 0 unspecified atom stereocenters. The lowest BCUT2D eigenvalue weighted by Gasteiger charge is -2.14. The van der Waals surface area contributed by atoms with Gasteiger partial charge in [0.05, 0.1) is 13.2 Å². The Balaban J connectivity index is 1.74. The average Bonchev–Trinajstić information content (AvgIpc) is 2.50. The molecule has 2 nitrogen and oxygen atoms in total. The summed E-state index contributed by atoms with van der Waals surface area (Å²) in [5.74, 6) is 1.73. The van der Waals surface area contributed by atoms with E-state index in [9.17, 15) is 0 Å². The third-order valence-electron chi connectivity index (χ3n) is 3.17. The van der Waals surface area contributed by atoms with Crippen LogP contribution in [0.1, 0.15) is 12.0 Å². The van der Waals surface area contributed by atoms with Gasteiger partial charge in [0.2, 0.25) is 0 Å². The van der Waals surface area contributed by atoms with E-state index in [1.807, 2.05) is 42.5 Å². The first kappa shape index (κ1) is 12.0. The maximum atomic E-state index is 5.78. The molecule has 0 amide bonds. The Kier molecular flexibility index (Phi) is 3.61. The standard InChI is InChI=1S/C17H16O2/c1-2-4-16(5-3-1)19-17-8-6-14(7-9-17)15-10-12-18-13-11-15/h1-10H,11-13H2. The minimum absolute atomic E-state index is 0.720. The Labute approximate surface area is 113 Å². The highest BCUT2D eigenvalue weighted by atomic mass is 16.5. The van der Waals surface area contributed by atoms with Gasteiger partial charge in [0, 0.05) is 0 Å². The number of rotatable bonds is 3. The maximum Gasteiger partial charge on any atom is 0.127 e. The molecule has 19 heavy (non-hydrogen) atoms. The van der Waals surface area contributed by atoms with Crippen molar-refractivity contribution >= 4 is 5.57 Å². The highest BCUT2D eigenvalue weighted by Gasteiger charge is 2.06. The van der Waals surface area contributed by atoms with Crippen LogP contribution in [0, 0.1) is 0 Å². The van der Waals surface area contributed by atoms with Crippen molar-refractivity contribution in [1.82, 2.24) is 0 Å². The van der Waals surface area contributed by atoms with E-state index in [1.165, 1.54) is 11.1 Å². The van der Waals surface area contributed by atoms with Crippen LogP contribution in [-0.4, -0.2) is 13.2 Å². The Morgan fingerprint density at radius 2 is 1.58 bits per heavy atom. The molecule has 0 saturated heterocycles. The Morgan fingerprint density at radius 1 is 0.842 bits per heavy atom. The molecule has 0 aliphatic carbocycles. The third-order valence-corrected chi connectivity index (χ3v) is 3.17. The molecule has 0 radical (unpaired) electrons. The zero-order valence-electron chi connectivity index (χ0n) is 10.7. The van der Waals surface area contributed by atoms with Gasteiger partial charge >= 0.3 is 0 Å². The molecule has 0 N–H and O–H groups in total. The van der Waals surface area contributed by atoms with Gasteiger partial charge in [-0.25, -0.2) is 0 Å². The minimum Gasteiger partial charge on any atom is -0.457 e. The van der Waals surface area contributed by atoms with Gasteiger partial charge in [-0.1, -0.05) is 36.4 Å². The van der Waals surface area contributed by atoms with E-state index < -0.39 is 0 Å². The monoisotopic (exact) mass is 252 g/mol. The Bertz CT molecular complexity index is 556. The molecule has 2 aromatic carbocycles. The molecule has 3 rings (SSSR count). The highest BCUT2D eigenvalue weighted by Crippen LogP contribution is 2.26. The quantitative estimate of drug-likeness (QED) is 0.811. The summed E-state index contributed by atoms with van der Waals surface area (Å²) < 4.78 is 11.1. The molecule has 96 valence electrons. The topological polar surface area (TPSA) is 18.5 Å². The van der Waals surface area contributed by atoms with Crippen molar-refractivity contribution in [2.45, 2.75) is 6.42 Å². The van der Waals surface area contributed by atoms with E-state index in [0.29, 0.717) is 0 Å². The molecule has 0 fully saturated rings. The van der Waals surface area contributed by atoms with Gasteiger partial charge in [0.1, 0.15) is 11.5 Å². The van der Waals surface area contributed by atoms with Crippen LogP contribution in [0.4, 0.5) is 0 Å². The van der Waals surface area contributed by atoms with Gasteiger partial charge in [0.15, 0.2) is 0 Å². The second-order valence-electron chi connectivity index (χ2n) is 4.49. The van der Waals surface area contributed by atoms with E-state index in [1.54, 1.807) is 0 Å². The molecule has 0 bridgehead atoms. The van der Waals surface area contributed by atoms with Gasteiger partial charge in [-0.15, -0.1) is 0 Å². The summed E-state index contributed by atoms with van der Waals surface area (Å²) >= 11 is 0. The summed E-state index contributed by atoms with van der Waals surface area (Å²) in [6.07, 6.45) is 3.13. The molecule has 0 aromatic heterocycles. The van der Waals surface area contributed by atoms with Crippen LogP contribution in [0.5, 0.6) is 11.5 Å². The van der Waals surface area contributed by atoms with Crippen molar-refractivity contribution in [1.29, 1.82) is 0 Å². The summed E-state index contributed by atoms with van der Waals surface area (Å²) in [7, 11) is 0. The molecule has 0 spiro atoms. The van der Waals surface area contributed by atoms with E-state index >= 15 is 0 Å². The second-order valence-corrected chi connectivity index (χ2v) is 4.49.